The van der Waals surface area contributed by atoms with Crippen LogP contribution < -0.4 is 0 Å². The quantitative estimate of drug-likeness (QED) is 0.462. The number of pyridine rings is 1. The van der Waals surface area contributed by atoms with Crippen LogP contribution in [0.5, 0.6) is 0 Å². The van der Waals surface area contributed by atoms with E-state index in [1.54, 1.807) is 6.07 Å². The van der Waals surface area contributed by atoms with E-state index in [0.717, 1.165) is 0 Å². The SMILES string of the molecule is COC(=O)Cc1c(CBr)cc(Br)nc1C(F)F. The number of carbonyl (C=O) groups is 1. The van der Waals surface area contributed by atoms with Crippen molar-refractivity contribution in [2.75, 3.05) is 7.11 Å². The van der Waals surface area contributed by atoms with Gasteiger partial charge in [-0.25, -0.2) is 13.8 Å². The molecule has 1 aromatic heterocycles. The largest absolute Gasteiger partial charge is 0.469 e. The van der Waals surface area contributed by atoms with Gasteiger partial charge in [0.1, 0.15) is 10.3 Å². The lowest BCUT2D eigenvalue weighted by molar-refractivity contribution is -0.139. The van der Waals surface area contributed by atoms with Crippen LogP contribution in [0.1, 0.15) is 23.2 Å². The number of carbonyl (C=O) groups excluding carboxylic acids is 1. The summed E-state index contributed by atoms with van der Waals surface area (Å²) in [5.74, 6) is -0.571. The molecule has 0 aliphatic heterocycles. The Morgan fingerprint density at radius 1 is 1.59 bits per heavy atom. The van der Waals surface area contributed by atoms with E-state index in [1.807, 2.05) is 0 Å². The molecule has 7 heteroatoms. The van der Waals surface area contributed by atoms with E-state index >= 15 is 0 Å². The molecule has 0 bridgehead atoms. The maximum absolute atomic E-state index is 12.8. The first kappa shape index (κ1) is 14.5. The summed E-state index contributed by atoms with van der Waals surface area (Å²) >= 11 is 6.25. The molecular weight excluding hydrogens is 364 g/mol. The van der Waals surface area contributed by atoms with Crippen LogP contribution in [0.25, 0.3) is 0 Å². The zero-order valence-corrected chi connectivity index (χ0v) is 12.0. The first-order chi connectivity index (χ1) is 7.99. The summed E-state index contributed by atoms with van der Waals surface area (Å²) in [5.41, 5.74) is 0.415. The number of hydrogen-bond acceptors (Lipinski definition) is 3. The number of esters is 1. The summed E-state index contributed by atoms with van der Waals surface area (Å²) in [6, 6.07) is 1.60. The third kappa shape index (κ3) is 3.70. The van der Waals surface area contributed by atoms with E-state index in [9.17, 15) is 13.6 Å². The lowest BCUT2D eigenvalue weighted by atomic mass is 10.0. The van der Waals surface area contributed by atoms with Crippen LogP contribution in [0.3, 0.4) is 0 Å². The van der Waals surface area contributed by atoms with Crippen molar-refractivity contribution in [3.63, 3.8) is 0 Å². The van der Waals surface area contributed by atoms with Crippen molar-refractivity contribution in [3.8, 4) is 0 Å². The molecule has 0 saturated heterocycles. The van der Waals surface area contributed by atoms with Gasteiger partial charge in [-0.1, -0.05) is 15.9 Å². The molecule has 0 N–H and O–H groups in total. The Kier molecular flexibility index (Phi) is 5.45. The maximum atomic E-state index is 12.8. The average Bonchev–Trinajstić information content (AvgIpc) is 2.30. The first-order valence-corrected chi connectivity index (χ1v) is 6.50. The Morgan fingerprint density at radius 3 is 2.71 bits per heavy atom. The summed E-state index contributed by atoms with van der Waals surface area (Å²) in [4.78, 5) is 14.9. The predicted octanol–water partition coefficient (Wildman–Crippen LogP) is 3.39. The third-order valence-corrected chi connectivity index (χ3v) is 3.13. The van der Waals surface area contributed by atoms with Crippen molar-refractivity contribution in [3.05, 3.63) is 27.5 Å². The Balaban J connectivity index is 3.26. The van der Waals surface area contributed by atoms with E-state index in [-0.39, 0.29) is 17.7 Å². The van der Waals surface area contributed by atoms with Crippen LogP contribution >= 0.6 is 31.9 Å². The number of ether oxygens (including phenoxy) is 1. The number of halogens is 4. The summed E-state index contributed by atoms with van der Waals surface area (Å²) in [6.07, 6.45) is -2.94. The van der Waals surface area contributed by atoms with Crippen LogP contribution in [0.2, 0.25) is 0 Å². The van der Waals surface area contributed by atoms with Gasteiger partial charge in [-0.05, 0) is 33.1 Å². The number of methoxy groups -OCH3 is 1. The summed E-state index contributed by atoms with van der Waals surface area (Å²) < 4.78 is 30.5. The normalized spacial score (nSPS) is 10.7. The smallest absolute Gasteiger partial charge is 0.310 e. The molecule has 1 heterocycles. The second kappa shape index (κ2) is 6.39. The highest BCUT2D eigenvalue weighted by Gasteiger charge is 2.21. The van der Waals surface area contributed by atoms with Crippen LogP contribution in [0, 0.1) is 0 Å². The Bertz CT molecular complexity index is 427. The molecule has 94 valence electrons. The van der Waals surface area contributed by atoms with Gasteiger partial charge in [0.05, 0.1) is 13.5 Å². The standard InChI is InChI=1S/C10H9Br2F2NO2/c1-17-8(16)3-6-5(4-11)2-7(12)15-9(6)10(13)14/h2,10H,3-4H2,1H3. The molecule has 3 nitrogen and oxygen atoms in total. The molecule has 0 unspecified atom stereocenters. The molecule has 17 heavy (non-hydrogen) atoms. The Labute approximate surface area is 114 Å². The third-order valence-electron chi connectivity index (χ3n) is 2.12. The molecule has 0 amide bonds. The van der Waals surface area contributed by atoms with Gasteiger partial charge in [-0.3, -0.25) is 4.79 Å². The number of aromatic nitrogens is 1. The van der Waals surface area contributed by atoms with Gasteiger partial charge in [0, 0.05) is 5.33 Å². The van der Waals surface area contributed by atoms with Crippen LogP contribution in [-0.2, 0) is 21.3 Å². The van der Waals surface area contributed by atoms with Crippen molar-refractivity contribution in [1.82, 2.24) is 4.98 Å². The first-order valence-electron chi connectivity index (χ1n) is 4.58. The minimum atomic E-state index is -2.73. The zero-order chi connectivity index (χ0) is 13.0. The molecule has 1 aromatic rings. The summed E-state index contributed by atoms with van der Waals surface area (Å²) in [5, 5.41) is 0.361. The van der Waals surface area contributed by atoms with Crippen molar-refractivity contribution in [1.29, 1.82) is 0 Å². The molecule has 0 aliphatic rings. The monoisotopic (exact) mass is 371 g/mol. The van der Waals surface area contributed by atoms with Gasteiger partial charge >= 0.3 is 5.97 Å². The van der Waals surface area contributed by atoms with E-state index in [1.165, 1.54) is 7.11 Å². The van der Waals surface area contributed by atoms with Crippen molar-refractivity contribution in [2.24, 2.45) is 0 Å². The van der Waals surface area contributed by atoms with Crippen molar-refractivity contribution < 1.29 is 18.3 Å². The van der Waals surface area contributed by atoms with Crippen LogP contribution in [0.15, 0.2) is 10.7 Å². The predicted molar refractivity (Wildman–Crippen MR) is 65.2 cm³/mol. The molecule has 0 saturated carbocycles. The summed E-state index contributed by atoms with van der Waals surface area (Å²) in [6.45, 7) is 0. The van der Waals surface area contributed by atoms with E-state index in [2.05, 4.69) is 41.6 Å². The average molecular weight is 373 g/mol. The van der Waals surface area contributed by atoms with Gasteiger partial charge in [-0.2, -0.15) is 0 Å². The Hall–Kier alpha value is -0.560. The van der Waals surface area contributed by atoms with Gasteiger partial charge in [0.2, 0.25) is 0 Å². The minimum absolute atomic E-state index is 0.211. The molecule has 0 fully saturated rings. The fourth-order valence-electron chi connectivity index (χ4n) is 1.33. The Morgan fingerprint density at radius 2 is 2.24 bits per heavy atom. The molecular formula is C10H9Br2F2NO2. The molecule has 0 radical (unpaired) electrons. The number of nitrogens with zero attached hydrogens (tertiary/aromatic N) is 1. The second-order valence-electron chi connectivity index (χ2n) is 3.16. The number of hydrogen-bond donors (Lipinski definition) is 0. The molecule has 0 aromatic carbocycles. The van der Waals surface area contributed by atoms with Crippen LogP contribution in [0.4, 0.5) is 8.78 Å². The lowest BCUT2D eigenvalue weighted by Gasteiger charge is -2.12. The van der Waals surface area contributed by atoms with Crippen molar-refractivity contribution >= 4 is 37.8 Å². The van der Waals surface area contributed by atoms with Gasteiger partial charge in [0.25, 0.3) is 6.43 Å². The molecule has 0 atom stereocenters. The maximum Gasteiger partial charge on any atom is 0.310 e. The minimum Gasteiger partial charge on any atom is -0.469 e. The molecule has 1 rings (SSSR count). The topological polar surface area (TPSA) is 39.2 Å². The highest BCUT2D eigenvalue weighted by atomic mass is 79.9. The fraction of sp³-hybridized carbons (Fsp3) is 0.400. The van der Waals surface area contributed by atoms with Gasteiger partial charge in [0.15, 0.2) is 0 Å². The van der Waals surface area contributed by atoms with E-state index in [0.29, 0.717) is 15.5 Å². The van der Waals surface area contributed by atoms with Crippen LogP contribution in [-0.4, -0.2) is 18.1 Å². The molecule has 0 spiro atoms. The fourth-order valence-corrected chi connectivity index (χ4v) is 2.30. The zero-order valence-electron chi connectivity index (χ0n) is 8.84. The van der Waals surface area contributed by atoms with Crippen molar-refractivity contribution in [2.45, 2.75) is 18.2 Å². The van der Waals surface area contributed by atoms with E-state index in [4.69, 9.17) is 0 Å². The summed E-state index contributed by atoms with van der Waals surface area (Å²) in [7, 11) is 1.21. The van der Waals surface area contributed by atoms with E-state index < -0.39 is 12.4 Å². The second-order valence-corrected chi connectivity index (χ2v) is 4.53. The highest BCUT2D eigenvalue weighted by molar-refractivity contribution is 9.10. The lowest BCUT2D eigenvalue weighted by Crippen LogP contribution is -2.11. The van der Waals surface area contributed by atoms with Gasteiger partial charge < -0.3 is 4.74 Å². The van der Waals surface area contributed by atoms with Gasteiger partial charge in [-0.15, -0.1) is 0 Å². The number of alkyl halides is 3. The molecule has 0 aliphatic carbocycles. The number of rotatable bonds is 4. The highest BCUT2D eigenvalue weighted by Crippen LogP contribution is 2.28.